The molecule has 0 aliphatic rings. The SMILES string of the molecule is Cc1cc(NCc2c(C)nn(C)c2C)c(C#N)c(C)n1. The second-order valence-corrected chi connectivity index (χ2v) is 5.01. The standard InChI is InChI=1S/C15H19N5/c1-9-6-15(13(7-16)10(2)18-9)17-8-14-11(3)19-20(5)12(14)4/h6H,8H2,1-5H3,(H,17,18). The topological polar surface area (TPSA) is 66.5 Å². The number of hydrogen-bond donors (Lipinski definition) is 1. The number of nitriles is 1. The predicted molar refractivity (Wildman–Crippen MR) is 78.4 cm³/mol. The first kappa shape index (κ1) is 14.1. The van der Waals surface area contributed by atoms with E-state index in [2.05, 4.69) is 21.5 Å². The van der Waals surface area contributed by atoms with Crippen molar-refractivity contribution in [1.82, 2.24) is 14.8 Å². The molecule has 0 atom stereocenters. The van der Waals surface area contributed by atoms with E-state index in [1.807, 2.05) is 45.5 Å². The molecule has 0 unspecified atom stereocenters. The van der Waals surface area contributed by atoms with Crippen molar-refractivity contribution in [2.45, 2.75) is 34.2 Å². The minimum Gasteiger partial charge on any atom is -0.380 e. The van der Waals surface area contributed by atoms with Crippen LogP contribution in [0.5, 0.6) is 0 Å². The van der Waals surface area contributed by atoms with Crippen molar-refractivity contribution in [2.75, 3.05) is 5.32 Å². The first-order valence-electron chi connectivity index (χ1n) is 6.55. The van der Waals surface area contributed by atoms with Crippen LogP contribution in [0.25, 0.3) is 0 Å². The summed E-state index contributed by atoms with van der Waals surface area (Å²) in [5, 5.41) is 17.0. The third kappa shape index (κ3) is 2.50. The van der Waals surface area contributed by atoms with Gasteiger partial charge in [-0.2, -0.15) is 10.4 Å². The third-order valence-electron chi connectivity index (χ3n) is 3.55. The largest absolute Gasteiger partial charge is 0.380 e. The Labute approximate surface area is 119 Å². The minimum atomic E-state index is 0.606. The molecular formula is C15H19N5. The molecule has 2 aromatic heterocycles. The van der Waals surface area contributed by atoms with Crippen LogP contribution in [-0.2, 0) is 13.6 Å². The van der Waals surface area contributed by atoms with Gasteiger partial charge in [0.05, 0.1) is 22.6 Å². The fourth-order valence-corrected chi connectivity index (χ4v) is 2.37. The summed E-state index contributed by atoms with van der Waals surface area (Å²) in [6.07, 6.45) is 0. The molecule has 5 nitrogen and oxygen atoms in total. The number of hydrogen-bond acceptors (Lipinski definition) is 4. The molecule has 2 heterocycles. The Morgan fingerprint density at radius 2 is 1.95 bits per heavy atom. The van der Waals surface area contributed by atoms with Gasteiger partial charge in [-0.05, 0) is 33.8 Å². The lowest BCUT2D eigenvalue weighted by Gasteiger charge is -2.11. The number of aryl methyl sites for hydroxylation is 4. The number of nitrogens with one attached hydrogen (secondary N) is 1. The quantitative estimate of drug-likeness (QED) is 0.929. The van der Waals surface area contributed by atoms with Gasteiger partial charge in [0.25, 0.3) is 0 Å². The van der Waals surface area contributed by atoms with Crippen molar-refractivity contribution in [1.29, 1.82) is 5.26 Å². The third-order valence-corrected chi connectivity index (χ3v) is 3.55. The fourth-order valence-electron chi connectivity index (χ4n) is 2.37. The lowest BCUT2D eigenvalue weighted by atomic mass is 10.1. The highest BCUT2D eigenvalue weighted by molar-refractivity contribution is 5.60. The van der Waals surface area contributed by atoms with E-state index in [9.17, 15) is 5.26 Å². The van der Waals surface area contributed by atoms with Crippen LogP contribution in [0.3, 0.4) is 0 Å². The second kappa shape index (κ2) is 5.33. The molecule has 0 aromatic carbocycles. The van der Waals surface area contributed by atoms with E-state index < -0.39 is 0 Å². The lowest BCUT2D eigenvalue weighted by molar-refractivity contribution is 0.730. The summed E-state index contributed by atoms with van der Waals surface area (Å²) in [6, 6.07) is 4.13. The summed E-state index contributed by atoms with van der Waals surface area (Å²) in [5.41, 5.74) is 6.42. The maximum atomic E-state index is 9.25. The molecule has 104 valence electrons. The van der Waals surface area contributed by atoms with Gasteiger partial charge in [-0.3, -0.25) is 9.67 Å². The van der Waals surface area contributed by atoms with Crippen LogP contribution < -0.4 is 5.32 Å². The minimum absolute atomic E-state index is 0.606. The molecule has 20 heavy (non-hydrogen) atoms. The molecule has 0 aliphatic heterocycles. The Bertz CT molecular complexity index is 691. The molecule has 0 saturated heterocycles. The molecule has 0 spiro atoms. The summed E-state index contributed by atoms with van der Waals surface area (Å²) < 4.78 is 1.88. The molecule has 0 bridgehead atoms. The van der Waals surface area contributed by atoms with Gasteiger partial charge in [0, 0.05) is 30.5 Å². The normalized spacial score (nSPS) is 10.4. The summed E-state index contributed by atoms with van der Waals surface area (Å²) >= 11 is 0. The van der Waals surface area contributed by atoms with Gasteiger partial charge in [-0.1, -0.05) is 0 Å². The first-order valence-corrected chi connectivity index (χ1v) is 6.55. The Hall–Kier alpha value is -2.35. The molecule has 5 heteroatoms. The Kier molecular flexibility index (Phi) is 3.75. The average Bonchev–Trinajstić information content (AvgIpc) is 2.61. The Morgan fingerprint density at radius 1 is 1.25 bits per heavy atom. The van der Waals surface area contributed by atoms with E-state index in [0.29, 0.717) is 12.1 Å². The monoisotopic (exact) mass is 269 g/mol. The maximum absolute atomic E-state index is 9.25. The number of aromatic nitrogens is 3. The van der Waals surface area contributed by atoms with E-state index in [-0.39, 0.29) is 0 Å². The zero-order valence-corrected chi connectivity index (χ0v) is 12.6. The van der Waals surface area contributed by atoms with Crippen molar-refractivity contribution in [3.05, 3.63) is 40.0 Å². The smallest absolute Gasteiger partial charge is 0.103 e. The van der Waals surface area contributed by atoms with Crippen molar-refractivity contribution >= 4 is 5.69 Å². The van der Waals surface area contributed by atoms with Crippen LogP contribution in [0.1, 0.15) is 33.9 Å². The summed E-state index contributed by atoms with van der Waals surface area (Å²) in [5.74, 6) is 0. The fraction of sp³-hybridized carbons (Fsp3) is 0.400. The molecule has 0 saturated carbocycles. The predicted octanol–water partition coefficient (Wildman–Crippen LogP) is 2.53. The van der Waals surface area contributed by atoms with E-state index in [4.69, 9.17) is 0 Å². The van der Waals surface area contributed by atoms with Crippen molar-refractivity contribution in [3.8, 4) is 6.07 Å². The van der Waals surface area contributed by atoms with Gasteiger partial charge < -0.3 is 5.32 Å². The lowest BCUT2D eigenvalue weighted by Crippen LogP contribution is -2.06. The maximum Gasteiger partial charge on any atom is 0.103 e. The molecule has 0 aliphatic carbocycles. The molecule has 0 amide bonds. The number of rotatable bonds is 3. The Balaban J connectivity index is 2.30. The molecule has 0 fully saturated rings. The molecule has 2 rings (SSSR count). The van der Waals surface area contributed by atoms with Crippen LogP contribution in [0.15, 0.2) is 6.07 Å². The van der Waals surface area contributed by atoms with Gasteiger partial charge in [0.1, 0.15) is 6.07 Å². The highest BCUT2D eigenvalue weighted by Crippen LogP contribution is 2.21. The van der Waals surface area contributed by atoms with E-state index in [1.165, 1.54) is 5.56 Å². The van der Waals surface area contributed by atoms with Crippen LogP contribution >= 0.6 is 0 Å². The number of nitrogens with zero attached hydrogens (tertiary/aromatic N) is 4. The van der Waals surface area contributed by atoms with E-state index in [0.717, 1.165) is 28.5 Å². The van der Waals surface area contributed by atoms with Gasteiger partial charge in [-0.25, -0.2) is 0 Å². The molecule has 0 radical (unpaired) electrons. The molecule has 1 N–H and O–H groups in total. The zero-order chi connectivity index (χ0) is 14.9. The van der Waals surface area contributed by atoms with Gasteiger partial charge >= 0.3 is 0 Å². The van der Waals surface area contributed by atoms with Gasteiger partial charge in [0.15, 0.2) is 0 Å². The van der Waals surface area contributed by atoms with Crippen LogP contribution in [0, 0.1) is 39.0 Å². The van der Waals surface area contributed by atoms with Crippen molar-refractivity contribution in [2.24, 2.45) is 7.05 Å². The first-order chi connectivity index (χ1) is 9.43. The summed E-state index contributed by atoms with van der Waals surface area (Å²) in [6.45, 7) is 8.49. The van der Waals surface area contributed by atoms with Crippen molar-refractivity contribution < 1.29 is 0 Å². The van der Waals surface area contributed by atoms with E-state index in [1.54, 1.807) is 0 Å². The average molecular weight is 269 g/mol. The van der Waals surface area contributed by atoms with Crippen LogP contribution in [0.4, 0.5) is 5.69 Å². The summed E-state index contributed by atoms with van der Waals surface area (Å²) in [4.78, 5) is 4.32. The van der Waals surface area contributed by atoms with Gasteiger partial charge in [0.2, 0.25) is 0 Å². The van der Waals surface area contributed by atoms with Gasteiger partial charge in [-0.15, -0.1) is 0 Å². The zero-order valence-electron chi connectivity index (χ0n) is 12.6. The molecule has 2 aromatic rings. The molecular weight excluding hydrogens is 250 g/mol. The highest BCUT2D eigenvalue weighted by Gasteiger charge is 2.12. The van der Waals surface area contributed by atoms with Crippen molar-refractivity contribution in [3.63, 3.8) is 0 Å². The van der Waals surface area contributed by atoms with Crippen LogP contribution in [0.2, 0.25) is 0 Å². The second-order valence-electron chi connectivity index (χ2n) is 5.01. The van der Waals surface area contributed by atoms with Crippen LogP contribution in [-0.4, -0.2) is 14.8 Å². The number of anilines is 1. The van der Waals surface area contributed by atoms with E-state index >= 15 is 0 Å². The Morgan fingerprint density at radius 3 is 2.50 bits per heavy atom. The highest BCUT2D eigenvalue weighted by atomic mass is 15.3. The summed E-state index contributed by atoms with van der Waals surface area (Å²) in [7, 11) is 1.94. The number of pyridine rings is 1.